The molecule has 7 nitrogen and oxygen atoms in total. The summed E-state index contributed by atoms with van der Waals surface area (Å²) >= 11 is 0. The Bertz CT molecular complexity index is 665. The largest absolute Gasteiger partial charge is 0.426 e. The first-order chi connectivity index (χ1) is 13.7. The maximum absolute atomic E-state index is 12.6. The molecule has 1 aliphatic heterocycles. The van der Waals surface area contributed by atoms with Crippen LogP contribution in [0.5, 0.6) is 0 Å². The van der Waals surface area contributed by atoms with Gasteiger partial charge in [0.1, 0.15) is 0 Å². The van der Waals surface area contributed by atoms with Crippen LogP contribution in [0.25, 0.3) is 0 Å². The van der Waals surface area contributed by atoms with Gasteiger partial charge in [-0.3, -0.25) is 4.79 Å². The molecule has 0 spiro atoms. The fraction of sp³-hybridized carbons (Fsp3) is 0.636. The molecule has 0 saturated carbocycles. The van der Waals surface area contributed by atoms with Gasteiger partial charge >= 0.3 is 6.09 Å². The summed E-state index contributed by atoms with van der Waals surface area (Å²) in [6, 6.07) is 8.58. The first-order valence-corrected chi connectivity index (χ1v) is 10.5. The van der Waals surface area contributed by atoms with E-state index >= 15 is 0 Å². The Morgan fingerprint density at radius 2 is 1.93 bits per heavy atom. The molecule has 7 heteroatoms. The number of hydrogen-bond acceptors (Lipinski definition) is 5. The quantitative estimate of drug-likeness (QED) is 0.587. The van der Waals surface area contributed by atoms with Gasteiger partial charge < -0.3 is 20.6 Å². The van der Waals surface area contributed by atoms with Crippen LogP contribution in [0.3, 0.4) is 0 Å². The number of aliphatic hydroxyl groups is 1. The minimum Gasteiger partial charge on any atom is -0.381 e. The van der Waals surface area contributed by atoms with Crippen molar-refractivity contribution >= 4 is 12.0 Å². The summed E-state index contributed by atoms with van der Waals surface area (Å²) < 4.78 is 0. The number of nitrogens with one attached hydrogen (secondary N) is 2. The number of carbonyl (C=O) groups excluding carboxylic acids is 2. The Morgan fingerprint density at radius 1 is 1.24 bits per heavy atom. The van der Waals surface area contributed by atoms with E-state index in [4.69, 9.17) is 4.84 Å². The second-order valence-electron chi connectivity index (χ2n) is 8.64. The van der Waals surface area contributed by atoms with E-state index in [1.165, 1.54) is 0 Å². The lowest BCUT2D eigenvalue weighted by atomic mass is 9.93. The van der Waals surface area contributed by atoms with Crippen LogP contribution in [-0.2, 0) is 9.63 Å². The summed E-state index contributed by atoms with van der Waals surface area (Å²) in [6.45, 7) is 9.47. The lowest BCUT2D eigenvalue weighted by Gasteiger charge is -2.26. The van der Waals surface area contributed by atoms with E-state index in [-0.39, 0.29) is 11.5 Å². The molecule has 3 atom stereocenters. The average molecular weight is 406 g/mol. The van der Waals surface area contributed by atoms with E-state index in [2.05, 4.69) is 24.5 Å². The standard InChI is InChI=1S/C22H35N3O4/c1-5-6-12-18(24-21(28)29-25-14-13-22(3,4)15-25)19(26)20(27)23-16(2)17-10-8-7-9-11-17/h7-11,16,18-19,26H,5-6,12-15H2,1-4H3,(H,23,27)(H,24,28)/t16-,18+,19?/m1/s1. The Labute approximate surface area is 173 Å². The van der Waals surface area contributed by atoms with Crippen molar-refractivity contribution in [1.82, 2.24) is 15.7 Å². The maximum Gasteiger partial charge on any atom is 0.426 e. The molecule has 0 radical (unpaired) electrons. The molecule has 1 heterocycles. The molecule has 0 aromatic heterocycles. The van der Waals surface area contributed by atoms with Crippen molar-refractivity contribution < 1.29 is 19.5 Å². The van der Waals surface area contributed by atoms with Crippen molar-refractivity contribution in [3.63, 3.8) is 0 Å². The minimum atomic E-state index is -1.35. The Balaban J connectivity index is 1.93. The smallest absolute Gasteiger partial charge is 0.381 e. The van der Waals surface area contributed by atoms with Gasteiger partial charge in [0.05, 0.1) is 12.1 Å². The predicted molar refractivity (Wildman–Crippen MR) is 112 cm³/mol. The van der Waals surface area contributed by atoms with Crippen LogP contribution in [-0.4, -0.2) is 47.4 Å². The molecule has 1 saturated heterocycles. The van der Waals surface area contributed by atoms with Crippen LogP contribution in [0.4, 0.5) is 4.79 Å². The van der Waals surface area contributed by atoms with Crippen LogP contribution in [0.1, 0.15) is 65.0 Å². The number of unbranched alkanes of at least 4 members (excludes halogenated alkanes) is 1. The summed E-state index contributed by atoms with van der Waals surface area (Å²) in [5.74, 6) is -0.509. The van der Waals surface area contributed by atoms with Crippen molar-refractivity contribution in [3.05, 3.63) is 35.9 Å². The van der Waals surface area contributed by atoms with Crippen LogP contribution >= 0.6 is 0 Å². The van der Waals surface area contributed by atoms with E-state index in [0.29, 0.717) is 19.5 Å². The highest BCUT2D eigenvalue weighted by Crippen LogP contribution is 2.28. The van der Waals surface area contributed by atoms with Gasteiger partial charge in [-0.1, -0.05) is 63.9 Å². The lowest BCUT2D eigenvalue weighted by Crippen LogP contribution is -2.51. The highest BCUT2D eigenvalue weighted by molar-refractivity contribution is 5.82. The highest BCUT2D eigenvalue weighted by atomic mass is 16.7. The molecule has 29 heavy (non-hydrogen) atoms. The molecule has 0 aliphatic carbocycles. The van der Waals surface area contributed by atoms with Gasteiger partial charge in [-0.25, -0.2) is 4.79 Å². The van der Waals surface area contributed by atoms with Crippen molar-refractivity contribution in [2.24, 2.45) is 5.41 Å². The van der Waals surface area contributed by atoms with E-state index in [9.17, 15) is 14.7 Å². The molecule has 2 rings (SSSR count). The van der Waals surface area contributed by atoms with Crippen LogP contribution in [0, 0.1) is 5.41 Å². The van der Waals surface area contributed by atoms with Gasteiger partial charge in [-0.2, -0.15) is 0 Å². The zero-order valence-electron chi connectivity index (χ0n) is 18.0. The number of rotatable bonds is 9. The van der Waals surface area contributed by atoms with E-state index in [1.807, 2.05) is 44.2 Å². The monoisotopic (exact) mass is 405 g/mol. The third-order valence-electron chi connectivity index (χ3n) is 5.33. The molecule has 1 aromatic rings. The summed E-state index contributed by atoms with van der Waals surface area (Å²) in [6.07, 6.45) is 1.12. The maximum atomic E-state index is 12.6. The van der Waals surface area contributed by atoms with Gasteiger partial charge in [0.15, 0.2) is 6.10 Å². The number of benzene rings is 1. The minimum absolute atomic E-state index is 0.106. The van der Waals surface area contributed by atoms with Gasteiger partial charge in [0.2, 0.25) is 0 Å². The molecular weight excluding hydrogens is 370 g/mol. The normalized spacial score (nSPS) is 19.2. The van der Waals surface area contributed by atoms with E-state index in [0.717, 1.165) is 24.8 Å². The summed E-state index contributed by atoms with van der Waals surface area (Å²) in [7, 11) is 0. The molecule has 1 aliphatic rings. The SMILES string of the molecule is CCCC[C@H](NC(=O)ON1CCC(C)(C)C1)C(O)C(=O)N[C@H](C)c1ccccc1. The molecule has 1 aromatic carbocycles. The molecule has 0 bridgehead atoms. The molecule has 1 unspecified atom stereocenters. The molecular formula is C22H35N3O4. The topological polar surface area (TPSA) is 90.9 Å². The number of nitrogens with zero attached hydrogens (tertiary/aromatic N) is 1. The second-order valence-corrected chi connectivity index (χ2v) is 8.64. The molecule has 3 N–H and O–H groups in total. The zero-order chi connectivity index (χ0) is 21.4. The zero-order valence-corrected chi connectivity index (χ0v) is 18.0. The first kappa shape index (κ1) is 23.2. The summed E-state index contributed by atoms with van der Waals surface area (Å²) in [5.41, 5.74) is 1.05. The lowest BCUT2D eigenvalue weighted by molar-refractivity contribution is -0.132. The van der Waals surface area contributed by atoms with Crippen LogP contribution < -0.4 is 10.6 Å². The van der Waals surface area contributed by atoms with Gasteiger partial charge in [0.25, 0.3) is 5.91 Å². The number of aliphatic hydroxyl groups excluding tert-OH is 1. The van der Waals surface area contributed by atoms with E-state index in [1.54, 1.807) is 5.06 Å². The number of hydrogen-bond donors (Lipinski definition) is 3. The highest BCUT2D eigenvalue weighted by Gasteiger charge is 2.33. The van der Waals surface area contributed by atoms with Crippen molar-refractivity contribution in [1.29, 1.82) is 0 Å². The van der Waals surface area contributed by atoms with Crippen molar-refractivity contribution in [2.45, 2.75) is 71.6 Å². The Hall–Kier alpha value is -2.12. The fourth-order valence-electron chi connectivity index (χ4n) is 3.48. The fourth-order valence-corrected chi connectivity index (χ4v) is 3.48. The molecule has 162 valence electrons. The Kier molecular flexibility index (Phi) is 8.46. The first-order valence-electron chi connectivity index (χ1n) is 10.5. The average Bonchev–Trinajstić information content (AvgIpc) is 3.03. The van der Waals surface area contributed by atoms with Gasteiger partial charge in [0, 0.05) is 13.1 Å². The van der Waals surface area contributed by atoms with Crippen LogP contribution in [0.15, 0.2) is 30.3 Å². The number of amides is 2. The second kappa shape index (κ2) is 10.6. The number of hydroxylamine groups is 2. The molecule has 1 fully saturated rings. The van der Waals surface area contributed by atoms with Crippen molar-refractivity contribution in [2.75, 3.05) is 13.1 Å². The van der Waals surface area contributed by atoms with Gasteiger partial charge in [-0.05, 0) is 30.7 Å². The summed E-state index contributed by atoms with van der Waals surface area (Å²) in [5, 5.41) is 17.7. The Morgan fingerprint density at radius 3 is 2.52 bits per heavy atom. The number of carbonyl (C=O) groups is 2. The van der Waals surface area contributed by atoms with Gasteiger partial charge in [-0.15, -0.1) is 5.06 Å². The van der Waals surface area contributed by atoms with E-state index < -0.39 is 24.1 Å². The molecule has 2 amide bonds. The summed E-state index contributed by atoms with van der Waals surface area (Å²) in [4.78, 5) is 30.3. The van der Waals surface area contributed by atoms with Crippen molar-refractivity contribution in [3.8, 4) is 0 Å². The predicted octanol–water partition coefficient (Wildman–Crippen LogP) is 3.16. The third-order valence-corrected chi connectivity index (χ3v) is 5.33. The van der Waals surface area contributed by atoms with Crippen LogP contribution in [0.2, 0.25) is 0 Å². The third kappa shape index (κ3) is 7.33.